The van der Waals surface area contributed by atoms with Crippen LogP contribution in [0.25, 0.3) is 0 Å². The summed E-state index contributed by atoms with van der Waals surface area (Å²) in [6.45, 7) is 14.4. The van der Waals surface area contributed by atoms with Gasteiger partial charge in [0.15, 0.2) is 0 Å². The van der Waals surface area contributed by atoms with Crippen molar-refractivity contribution in [2.75, 3.05) is 19.3 Å². The van der Waals surface area contributed by atoms with Crippen molar-refractivity contribution in [2.24, 2.45) is 0 Å². The van der Waals surface area contributed by atoms with E-state index in [0.29, 0.717) is 5.75 Å². The van der Waals surface area contributed by atoms with Crippen molar-refractivity contribution >= 4 is 23.6 Å². The van der Waals surface area contributed by atoms with Gasteiger partial charge in [0.1, 0.15) is 0 Å². The molecule has 1 aromatic carbocycles. The molecule has 2 amide bonds. The predicted octanol–water partition coefficient (Wildman–Crippen LogP) is 3.76. The summed E-state index contributed by atoms with van der Waals surface area (Å²) in [4.78, 5) is 26.9. The highest BCUT2D eigenvalue weighted by atomic mass is 32.2. The highest BCUT2D eigenvalue weighted by Gasteiger charge is 2.19. The van der Waals surface area contributed by atoms with E-state index in [1.165, 1.54) is 27.8 Å². The molecule has 0 bridgehead atoms. The Morgan fingerprint density at radius 3 is 2.24 bits per heavy atom. The highest BCUT2D eigenvalue weighted by Crippen LogP contribution is 2.29. The van der Waals surface area contributed by atoms with Crippen LogP contribution in [0.3, 0.4) is 0 Å². The van der Waals surface area contributed by atoms with Crippen LogP contribution in [0, 0.1) is 6.92 Å². The van der Waals surface area contributed by atoms with Crippen molar-refractivity contribution in [3.8, 4) is 0 Å². The van der Waals surface area contributed by atoms with Gasteiger partial charge in [-0.2, -0.15) is 0 Å². The Balaban J connectivity index is 2.66. The summed E-state index contributed by atoms with van der Waals surface area (Å²) in [7, 11) is 1.67. The standard InChI is InChI=1S/C20H32N2O2S/c1-14-9-10-15(19(2,3)4)11-16(14)25-13-18(24)22(8)12-17(23)21-20(5,6)7/h9-11H,12-13H2,1-8H3,(H,21,23). The van der Waals surface area contributed by atoms with Gasteiger partial charge in [-0.05, 0) is 50.3 Å². The number of benzene rings is 1. The molecule has 140 valence electrons. The molecule has 0 radical (unpaired) electrons. The molecule has 5 heteroatoms. The van der Waals surface area contributed by atoms with Gasteiger partial charge in [-0.3, -0.25) is 9.59 Å². The van der Waals surface area contributed by atoms with Crippen LogP contribution < -0.4 is 5.32 Å². The molecule has 1 N–H and O–H groups in total. The van der Waals surface area contributed by atoms with Gasteiger partial charge < -0.3 is 10.2 Å². The first-order valence-electron chi connectivity index (χ1n) is 8.58. The van der Waals surface area contributed by atoms with Crippen LogP contribution in [0.2, 0.25) is 0 Å². The fourth-order valence-corrected chi connectivity index (χ4v) is 3.24. The van der Waals surface area contributed by atoms with Crippen molar-refractivity contribution in [3.63, 3.8) is 0 Å². The summed E-state index contributed by atoms with van der Waals surface area (Å²) >= 11 is 1.53. The first kappa shape index (κ1) is 21.6. The van der Waals surface area contributed by atoms with Crippen molar-refractivity contribution in [1.29, 1.82) is 0 Å². The van der Waals surface area contributed by atoms with Crippen LogP contribution in [0.1, 0.15) is 52.7 Å². The van der Waals surface area contributed by atoms with Crippen LogP contribution in [0.5, 0.6) is 0 Å². The third-order valence-electron chi connectivity index (χ3n) is 3.73. The average Bonchev–Trinajstić information content (AvgIpc) is 2.42. The number of hydrogen-bond donors (Lipinski definition) is 1. The first-order chi connectivity index (χ1) is 11.3. The molecular formula is C20H32N2O2S. The van der Waals surface area contributed by atoms with Gasteiger partial charge >= 0.3 is 0 Å². The van der Waals surface area contributed by atoms with Gasteiger partial charge in [-0.15, -0.1) is 11.8 Å². The van der Waals surface area contributed by atoms with Crippen LogP contribution in [-0.2, 0) is 15.0 Å². The molecule has 0 aliphatic rings. The van der Waals surface area contributed by atoms with Crippen molar-refractivity contribution in [1.82, 2.24) is 10.2 Å². The minimum Gasteiger partial charge on any atom is -0.350 e. The molecule has 1 rings (SSSR count). The number of nitrogens with zero attached hydrogens (tertiary/aromatic N) is 1. The summed E-state index contributed by atoms with van der Waals surface area (Å²) in [5, 5.41) is 2.87. The molecule has 0 atom stereocenters. The largest absolute Gasteiger partial charge is 0.350 e. The Labute approximate surface area is 156 Å². The maximum absolute atomic E-state index is 12.3. The number of carbonyl (C=O) groups excluding carboxylic acids is 2. The third-order valence-corrected chi connectivity index (χ3v) is 4.87. The van der Waals surface area contributed by atoms with E-state index < -0.39 is 0 Å². The molecule has 0 aliphatic heterocycles. The van der Waals surface area contributed by atoms with Crippen LogP contribution >= 0.6 is 11.8 Å². The van der Waals surface area contributed by atoms with Crippen molar-refractivity contribution in [3.05, 3.63) is 29.3 Å². The quantitative estimate of drug-likeness (QED) is 0.810. The minimum atomic E-state index is -0.291. The highest BCUT2D eigenvalue weighted by molar-refractivity contribution is 8.00. The lowest BCUT2D eigenvalue weighted by atomic mass is 9.87. The first-order valence-corrected chi connectivity index (χ1v) is 9.57. The van der Waals surface area contributed by atoms with Gasteiger partial charge in [-0.25, -0.2) is 0 Å². The van der Waals surface area contributed by atoms with Gasteiger partial charge in [0.2, 0.25) is 11.8 Å². The Hall–Kier alpha value is -1.49. The zero-order valence-corrected chi connectivity index (χ0v) is 17.6. The second-order valence-corrected chi connectivity index (χ2v) is 9.58. The number of hydrogen-bond acceptors (Lipinski definition) is 3. The monoisotopic (exact) mass is 364 g/mol. The molecule has 0 heterocycles. The predicted molar refractivity (Wildman–Crippen MR) is 106 cm³/mol. The van der Waals surface area contributed by atoms with Gasteiger partial charge in [0.25, 0.3) is 0 Å². The molecule has 0 unspecified atom stereocenters. The fourth-order valence-electron chi connectivity index (χ4n) is 2.23. The number of thioether (sulfide) groups is 1. The molecule has 0 fully saturated rings. The molecule has 0 spiro atoms. The number of amides is 2. The molecule has 25 heavy (non-hydrogen) atoms. The molecule has 0 aliphatic carbocycles. The zero-order valence-electron chi connectivity index (χ0n) is 16.8. The van der Waals surface area contributed by atoms with Crippen LogP contribution in [0.4, 0.5) is 0 Å². The number of aryl methyl sites for hydroxylation is 1. The summed E-state index contributed by atoms with van der Waals surface area (Å²) in [6.07, 6.45) is 0. The summed E-state index contributed by atoms with van der Waals surface area (Å²) in [5.41, 5.74) is 2.21. The van der Waals surface area contributed by atoms with E-state index in [1.54, 1.807) is 7.05 Å². The molecule has 0 saturated carbocycles. The van der Waals surface area contributed by atoms with Gasteiger partial charge in [0.05, 0.1) is 12.3 Å². The maximum Gasteiger partial charge on any atom is 0.240 e. The lowest BCUT2D eigenvalue weighted by Gasteiger charge is -2.23. The smallest absolute Gasteiger partial charge is 0.240 e. The van der Waals surface area contributed by atoms with Crippen molar-refractivity contribution < 1.29 is 9.59 Å². The van der Waals surface area contributed by atoms with E-state index in [9.17, 15) is 9.59 Å². The Morgan fingerprint density at radius 2 is 1.72 bits per heavy atom. The fraction of sp³-hybridized carbons (Fsp3) is 0.600. The van der Waals surface area contributed by atoms with E-state index in [1.807, 2.05) is 20.8 Å². The summed E-state index contributed by atoms with van der Waals surface area (Å²) < 4.78 is 0. The molecular weight excluding hydrogens is 332 g/mol. The van der Waals surface area contributed by atoms with Gasteiger partial charge in [-0.1, -0.05) is 32.9 Å². The van der Waals surface area contributed by atoms with E-state index >= 15 is 0 Å². The van der Waals surface area contributed by atoms with E-state index in [4.69, 9.17) is 0 Å². The second kappa shape index (κ2) is 8.26. The van der Waals surface area contributed by atoms with E-state index in [2.05, 4.69) is 51.2 Å². The molecule has 0 aromatic heterocycles. The van der Waals surface area contributed by atoms with E-state index in [-0.39, 0.29) is 29.3 Å². The zero-order chi connectivity index (χ0) is 19.4. The number of carbonyl (C=O) groups is 2. The van der Waals surface area contributed by atoms with Crippen LogP contribution in [-0.4, -0.2) is 41.6 Å². The molecule has 0 saturated heterocycles. The minimum absolute atomic E-state index is 0.0466. The molecule has 4 nitrogen and oxygen atoms in total. The average molecular weight is 365 g/mol. The Morgan fingerprint density at radius 1 is 1.12 bits per heavy atom. The van der Waals surface area contributed by atoms with Gasteiger partial charge in [0, 0.05) is 17.5 Å². The SMILES string of the molecule is Cc1ccc(C(C)(C)C)cc1SCC(=O)N(C)CC(=O)NC(C)(C)C. The number of nitrogens with one attached hydrogen (secondary N) is 1. The lowest BCUT2D eigenvalue weighted by molar-refractivity contribution is -0.133. The third kappa shape index (κ3) is 7.51. The Kier molecular flexibility index (Phi) is 7.12. The van der Waals surface area contributed by atoms with E-state index in [0.717, 1.165) is 4.90 Å². The number of rotatable bonds is 5. The molecule has 1 aromatic rings. The summed E-state index contributed by atoms with van der Waals surface area (Å²) in [5.74, 6) is 0.141. The number of likely N-dealkylation sites (N-methyl/N-ethyl adjacent to an activating group) is 1. The topological polar surface area (TPSA) is 49.4 Å². The van der Waals surface area contributed by atoms with Crippen LogP contribution in [0.15, 0.2) is 23.1 Å². The summed E-state index contributed by atoms with van der Waals surface area (Å²) in [6, 6.07) is 6.41. The normalized spacial score (nSPS) is 12.0. The lowest BCUT2D eigenvalue weighted by Crippen LogP contribution is -2.46. The van der Waals surface area contributed by atoms with Crippen molar-refractivity contribution in [2.45, 2.75) is 64.3 Å². The maximum atomic E-state index is 12.3. The Bertz CT molecular complexity index is 628. The second-order valence-electron chi connectivity index (χ2n) is 8.57.